The molecule has 4 heteroatoms. The molecule has 1 aromatic carbocycles. The Morgan fingerprint density at radius 3 is 2.32 bits per heavy atom. The molecule has 0 aliphatic heterocycles. The molecule has 1 unspecified atom stereocenters. The average molecular weight is 262 g/mol. The van der Waals surface area contributed by atoms with E-state index in [1.54, 1.807) is 12.4 Å². The lowest BCUT2D eigenvalue weighted by Gasteiger charge is -2.18. The van der Waals surface area contributed by atoms with Gasteiger partial charge in [-0.1, -0.05) is 6.92 Å². The van der Waals surface area contributed by atoms with E-state index in [4.69, 9.17) is 0 Å². The average Bonchev–Trinajstić information content (AvgIpc) is 2.38. The molecule has 100 valence electrons. The topological polar surface area (TPSA) is 24.9 Å². The van der Waals surface area contributed by atoms with Crippen LogP contribution in [0.1, 0.15) is 24.1 Å². The molecule has 0 aliphatic rings. The van der Waals surface area contributed by atoms with Gasteiger partial charge < -0.3 is 5.32 Å². The summed E-state index contributed by atoms with van der Waals surface area (Å²) in [5, 5.41) is 3.25. The van der Waals surface area contributed by atoms with Gasteiger partial charge in [-0.3, -0.25) is 4.98 Å². The zero-order valence-corrected chi connectivity index (χ0v) is 10.7. The van der Waals surface area contributed by atoms with Gasteiger partial charge in [0.05, 0.1) is 0 Å². The molecule has 1 heterocycles. The quantitative estimate of drug-likeness (QED) is 0.894. The second-order valence-corrected chi connectivity index (χ2v) is 4.37. The van der Waals surface area contributed by atoms with Crippen LogP contribution in [-0.2, 0) is 6.42 Å². The van der Waals surface area contributed by atoms with Crippen molar-refractivity contribution < 1.29 is 8.78 Å². The number of hydrogen-bond donors (Lipinski definition) is 1. The maximum Gasteiger partial charge on any atom is 0.126 e. The SMILES string of the molecule is CCNC(Cc1ccncc1)c1cc(F)cc(F)c1. The number of benzene rings is 1. The lowest BCUT2D eigenvalue weighted by atomic mass is 9.99. The predicted molar refractivity (Wildman–Crippen MR) is 70.7 cm³/mol. The fourth-order valence-corrected chi connectivity index (χ4v) is 2.09. The van der Waals surface area contributed by atoms with Gasteiger partial charge in [0.1, 0.15) is 11.6 Å². The second kappa shape index (κ2) is 6.38. The third-order valence-corrected chi connectivity index (χ3v) is 2.93. The van der Waals surface area contributed by atoms with Crippen LogP contribution in [0.25, 0.3) is 0 Å². The Kier molecular flexibility index (Phi) is 4.58. The van der Waals surface area contributed by atoms with E-state index in [2.05, 4.69) is 10.3 Å². The van der Waals surface area contributed by atoms with Crippen molar-refractivity contribution in [3.8, 4) is 0 Å². The number of aromatic nitrogens is 1. The standard InChI is InChI=1S/C15H16F2N2/c1-2-19-15(7-11-3-5-18-6-4-11)12-8-13(16)10-14(17)9-12/h3-6,8-10,15,19H,2,7H2,1H3. The number of rotatable bonds is 5. The molecule has 2 rings (SSSR count). The van der Waals surface area contributed by atoms with Crippen LogP contribution in [-0.4, -0.2) is 11.5 Å². The van der Waals surface area contributed by atoms with E-state index >= 15 is 0 Å². The highest BCUT2D eigenvalue weighted by molar-refractivity contribution is 5.24. The number of likely N-dealkylation sites (N-methyl/N-ethyl adjacent to an activating group) is 1. The van der Waals surface area contributed by atoms with Crippen LogP contribution in [0, 0.1) is 11.6 Å². The van der Waals surface area contributed by atoms with Crippen LogP contribution in [0.15, 0.2) is 42.7 Å². The smallest absolute Gasteiger partial charge is 0.126 e. The van der Waals surface area contributed by atoms with Crippen LogP contribution < -0.4 is 5.32 Å². The van der Waals surface area contributed by atoms with Crippen LogP contribution in [0.5, 0.6) is 0 Å². The summed E-state index contributed by atoms with van der Waals surface area (Å²) in [5.41, 5.74) is 1.70. The third-order valence-electron chi connectivity index (χ3n) is 2.93. The number of nitrogens with one attached hydrogen (secondary N) is 1. The summed E-state index contributed by atoms with van der Waals surface area (Å²) in [7, 11) is 0. The zero-order valence-electron chi connectivity index (χ0n) is 10.7. The number of hydrogen-bond acceptors (Lipinski definition) is 2. The van der Waals surface area contributed by atoms with E-state index < -0.39 is 11.6 Å². The van der Waals surface area contributed by atoms with Gasteiger partial charge in [0.25, 0.3) is 0 Å². The lowest BCUT2D eigenvalue weighted by Crippen LogP contribution is -2.23. The summed E-state index contributed by atoms with van der Waals surface area (Å²) in [5.74, 6) is -1.10. The Bertz CT molecular complexity index is 509. The van der Waals surface area contributed by atoms with Gasteiger partial charge in [0.2, 0.25) is 0 Å². The van der Waals surface area contributed by atoms with Gasteiger partial charge in [-0.15, -0.1) is 0 Å². The molecule has 0 fully saturated rings. The summed E-state index contributed by atoms with van der Waals surface area (Å²) >= 11 is 0. The Labute approximate surface area is 111 Å². The first-order chi connectivity index (χ1) is 9.19. The van der Waals surface area contributed by atoms with Crippen molar-refractivity contribution in [3.05, 3.63) is 65.5 Å². The summed E-state index contributed by atoms with van der Waals surface area (Å²) in [6.07, 6.45) is 4.09. The van der Waals surface area contributed by atoms with Gasteiger partial charge in [-0.2, -0.15) is 0 Å². The third kappa shape index (κ3) is 3.83. The first-order valence-corrected chi connectivity index (χ1v) is 6.27. The van der Waals surface area contributed by atoms with Crippen LogP contribution in [0.2, 0.25) is 0 Å². The van der Waals surface area contributed by atoms with Gasteiger partial charge in [0, 0.05) is 24.5 Å². The Morgan fingerprint density at radius 1 is 1.11 bits per heavy atom. The molecular formula is C15H16F2N2. The van der Waals surface area contributed by atoms with E-state index in [-0.39, 0.29) is 6.04 Å². The van der Waals surface area contributed by atoms with Gasteiger partial charge in [-0.05, 0) is 48.4 Å². The highest BCUT2D eigenvalue weighted by Crippen LogP contribution is 2.20. The Morgan fingerprint density at radius 2 is 1.74 bits per heavy atom. The predicted octanol–water partition coefficient (Wildman–Crippen LogP) is 3.25. The van der Waals surface area contributed by atoms with Crippen molar-refractivity contribution in [1.29, 1.82) is 0 Å². The van der Waals surface area contributed by atoms with E-state index in [0.29, 0.717) is 12.0 Å². The number of halogens is 2. The minimum absolute atomic E-state index is 0.113. The Hall–Kier alpha value is -1.81. The largest absolute Gasteiger partial charge is 0.310 e. The summed E-state index contributed by atoms with van der Waals surface area (Å²) in [6, 6.07) is 7.33. The van der Waals surface area contributed by atoms with Crippen LogP contribution in [0.4, 0.5) is 8.78 Å². The second-order valence-electron chi connectivity index (χ2n) is 4.37. The number of pyridine rings is 1. The van der Waals surface area contributed by atoms with Crippen molar-refractivity contribution >= 4 is 0 Å². The molecular weight excluding hydrogens is 246 g/mol. The van der Waals surface area contributed by atoms with E-state index in [1.165, 1.54) is 12.1 Å². The Balaban J connectivity index is 2.24. The molecule has 1 atom stereocenters. The number of nitrogens with zero attached hydrogens (tertiary/aromatic N) is 1. The molecule has 19 heavy (non-hydrogen) atoms. The molecule has 0 saturated carbocycles. The monoisotopic (exact) mass is 262 g/mol. The molecule has 0 aliphatic carbocycles. The molecule has 0 spiro atoms. The molecule has 2 nitrogen and oxygen atoms in total. The minimum atomic E-state index is -0.548. The van der Waals surface area contributed by atoms with Gasteiger partial charge in [-0.25, -0.2) is 8.78 Å². The maximum absolute atomic E-state index is 13.3. The molecule has 1 aromatic heterocycles. The first-order valence-electron chi connectivity index (χ1n) is 6.27. The zero-order chi connectivity index (χ0) is 13.7. The van der Waals surface area contributed by atoms with E-state index in [9.17, 15) is 8.78 Å². The van der Waals surface area contributed by atoms with Crippen molar-refractivity contribution in [3.63, 3.8) is 0 Å². The highest BCUT2D eigenvalue weighted by atomic mass is 19.1. The molecule has 2 aromatic rings. The van der Waals surface area contributed by atoms with Crippen LogP contribution >= 0.6 is 0 Å². The van der Waals surface area contributed by atoms with Gasteiger partial charge >= 0.3 is 0 Å². The fraction of sp³-hybridized carbons (Fsp3) is 0.267. The summed E-state index contributed by atoms with van der Waals surface area (Å²) in [6.45, 7) is 2.70. The molecule has 0 radical (unpaired) electrons. The highest BCUT2D eigenvalue weighted by Gasteiger charge is 2.13. The van der Waals surface area contributed by atoms with Crippen molar-refractivity contribution in [2.45, 2.75) is 19.4 Å². The van der Waals surface area contributed by atoms with Crippen molar-refractivity contribution in [1.82, 2.24) is 10.3 Å². The maximum atomic E-state index is 13.3. The van der Waals surface area contributed by atoms with E-state index in [1.807, 2.05) is 19.1 Å². The normalized spacial score (nSPS) is 12.4. The van der Waals surface area contributed by atoms with Crippen LogP contribution in [0.3, 0.4) is 0 Å². The minimum Gasteiger partial charge on any atom is -0.310 e. The molecule has 0 saturated heterocycles. The summed E-state index contributed by atoms with van der Waals surface area (Å²) < 4.78 is 26.6. The lowest BCUT2D eigenvalue weighted by molar-refractivity contribution is 0.529. The molecule has 0 bridgehead atoms. The van der Waals surface area contributed by atoms with Gasteiger partial charge in [0.15, 0.2) is 0 Å². The first kappa shape index (κ1) is 13.6. The molecule has 0 amide bonds. The van der Waals surface area contributed by atoms with Crippen molar-refractivity contribution in [2.75, 3.05) is 6.54 Å². The molecule has 1 N–H and O–H groups in total. The van der Waals surface area contributed by atoms with E-state index in [0.717, 1.165) is 18.2 Å². The van der Waals surface area contributed by atoms with Crippen molar-refractivity contribution in [2.24, 2.45) is 0 Å². The fourth-order valence-electron chi connectivity index (χ4n) is 2.09. The summed E-state index contributed by atoms with van der Waals surface area (Å²) in [4.78, 5) is 3.96.